The standard InChI is InChI=1S/C15H18N2O2/c1-15(2,16)17-7-6-10-9-19-13-5-4-11(18-3)8-12(13)14(10)17/h4-8H,9,16H2,1-3H3. The minimum absolute atomic E-state index is 0.453. The van der Waals surface area contributed by atoms with Gasteiger partial charge in [0.2, 0.25) is 0 Å². The molecule has 2 N–H and O–H groups in total. The van der Waals surface area contributed by atoms with Crippen molar-refractivity contribution in [2.45, 2.75) is 26.1 Å². The highest BCUT2D eigenvalue weighted by atomic mass is 16.5. The summed E-state index contributed by atoms with van der Waals surface area (Å²) in [7, 11) is 1.66. The molecule has 0 radical (unpaired) electrons. The maximum atomic E-state index is 6.24. The first kappa shape index (κ1) is 12.1. The van der Waals surface area contributed by atoms with Crippen LogP contribution in [-0.2, 0) is 12.3 Å². The number of hydrogen-bond donors (Lipinski definition) is 1. The molecule has 0 saturated carbocycles. The normalized spacial score (nSPS) is 13.5. The molecule has 0 amide bonds. The van der Waals surface area contributed by atoms with Crippen molar-refractivity contribution in [1.29, 1.82) is 0 Å². The van der Waals surface area contributed by atoms with Crippen LogP contribution < -0.4 is 15.2 Å². The lowest BCUT2D eigenvalue weighted by Crippen LogP contribution is -2.36. The molecule has 2 aromatic rings. The zero-order chi connectivity index (χ0) is 13.6. The molecule has 2 heterocycles. The summed E-state index contributed by atoms with van der Waals surface area (Å²) < 4.78 is 13.2. The fraction of sp³-hybridized carbons (Fsp3) is 0.333. The van der Waals surface area contributed by atoms with Gasteiger partial charge in [0.15, 0.2) is 0 Å². The summed E-state index contributed by atoms with van der Waals surface area (Å²) >= 11 is 0. The molecule has 3 rings (SSSR count). The zero-order valence-electron chi connectivity index (χ0n) is 11.4. The van der Waals surface area contributed by atoms with Gasteiger partial charge in [-0.15, -0.1) is 0 Å². The molecule has 0 unspecified atom stereocenters. The summed E-state index contributed by atoms with van der Waals surface area (Å²) in [6.07, 6.45) is 2.02. The van der Waals surface area contributed by atoms with Crippen LogP contribution in [0, 0.1) is 0 Å². The van der Waals surface area contributed by atoms with Gasteiger partial charge in [0.05, 0.1) is 18.5 Å². The Bertz CT molecular complexity index is 624. The van der Waals surface area contributed by atoms with Crippen molar-refractivity contribution in [3.63, 3.8) is 0 Å². The number of fused-ring (bicyclic) bond motifs is 3. The highest BCUT2D eigenvalue weighted by Gasteiger charge is 2.26. The molecule has 0 saturated heterocycles. The van der Waals surface area contributed by atoms with Crippen molar-refractivity contribution in [2.24, 2.45) is 5.73 Å². The van der Waals surface area contributed by atoms with Crippen LogP contribution in [0.5, 0.6) is 11.5 Å². The Labute approximate surface area is 112 Å². The number of nitrogens with zero attached hydrogens (tertiary/aromatic N) is 1. The number of hydrogen-bond acceptors (Lipinski definition) is 3. The second-order valence-corrected chi connectivity index (χ2v) is 5.36. The maximum absolute atomic E-state index is 6.24. The van der Waals surface area contributed by atoms with Gasteiger partial charge in [-0.1, -0.05) is 0 Å². The molecule has 0 spiro atoms. The Balaban J connectivity index is 2.24. The molecule has 0 bridgehead atoms. The van der Waals surface area contributed by atoms with Gasteiger partial charge in [-0.05, 0) is 38.1 Å². The third kappa shape index (κ3) is 1.88. The first-order chi connectivity index (χ1) is 9.00. The number of methoxy groups -OCH3 is 1. The molecule has 0 atom stereocenters. The van der Waals surface area contributed by atoms with Gasteiger partial charge >= 0.3 is 0 Å². The number of nitrogens with two attached hydrogens (primary N) is 1. The number of benzene rings is 1. The molecule has 0 fully saturated rings. The minimum atomic E-state index is -0.453. The summed E-state index contributed by atoms with van der Waals surface area (Å²) in [5.74, 6) is 1.69. The number of rotatable bonds is 2. The van der Waals surface area contributed by atoms with Crippen LogP contribution in [0.3, 0.4) is 0 Å². The summed E-state index contributed by atoms with van der Waals surface area (Å²) in [5.41, 5.74) is 9.09. The fourth-order valence-corrected chi connectivity index (χ4v) is 2.47. The first-order valence-corrected chi connectivity index (χ1v) is 6.31. The van der Waals surface area contributed by atoms with Crippen molar-refractivity contribution in [1.82, 2.24) is 4.57 Å². The smallest absolute Gasteiger partial charge is 0.129 e. The quantitative estimate of drug-likeness (QED) is 0.901. The van der Waals surface area contributed by atoms with E-state index in [2.05, 4.69) is 10.6 Å². The van der Waals surface area contributed by atoms with E-state index in [1.807, 2.05) is 38.2 Å². The second-order valence-electron chi connectivity index (χ2n) is 5.36. The van der Waals surface area contributed by atoms with Gasteiger partial charge in [0.1, 0.15) is 18.1 Å². The van der Waals surface area contributed by atoms with E-state index in [9.17, 15) is 0 Å². The molecular formula is C15H18N2O2. The van der Waals surface area contributed by atoms with Crippen LogP contribution in [0.25, 0.3) is 11.3 Å². The molecule has 1 aromatic carbocycles. The Kier molecular flexibility index (Phi) is 2.57. The third-order valence-electron chi connectivity index (χ3n) is 3.42. The molecular weight excluding hydrogens is 240 g/mol. The van der Waals surface area contributed by atoms with Gasteiger partial charge in [0, 0.05) is 17.3 Å². The van der Waals surface area contributed by atoms with E-state index < -0.39 is 5.66 Å². The molecule has 4 nitrogen and oxygen atoms in total. The molecule has 1 aromatic heterocycles. The summed E-state index contributed by atoms with van der Waals surface area (Å²) in [6, 6.07) is 7.91. The Morgan fingerprint density at radius 2 is 2.11 bits per heavy atom. The van der Waals surface area contributed by atoms with E-state index in [0.29, 0.717) is 6.61 Å². The van der Waals surface area contributed by atoms with Gasteiger partial charge in [0.25, 0.3) is 0 Å². The van der Waals surface area contributed by atoms with Crippen LogP contribution in [0.1, 0.15) is 19.4 Å². The van der Waals surface area contributed by atoms with E-state index in [0.717, 1.165) is 28.3 Å². The third-order valence-corrected chi connectivity index (χ3v) is 3.42. The molecule has 100 valence electrons. The van der Waals surface area contributed by atoms with E-state index in [1.54, 1.807) is 7.11 Å². The zero-order valence-corrected chi connectivity index (χ0v) is 11.4. The van der Waals surface area contributed by atoms with Gasteiger partial charge in [-0.3, -0.25) is 0 Å². The summed E-state index contributed by atoms with van der Waals surface area (Å²) in [5, 5.41) is 0. The predicted molar refractivity (Wildman–Crippen MR) is 74.3 cm³/mol. The van der Waals surface area contributed by atoms with Gasteiger partial charge in [-0.25, -0.2) is 0 Å². The Hall–Kier alpha value is -1.94. The van der Waals surface area contributed by atoms with Crippen molar-refractivity contribution in [2.75, 3.05) is 7.11 Å². The molecule has 0 aliphatic carbocycles. The second kappa shape index (κ2) is 4.03. The number of ether oxygens (including phenoxy) is 2. The lowest BCUT2D eigenvalue weighted by molar-refractivity contribution is 0.297. The van der Waals surface area contributed by atoms with Crippen molar-refractivity contribution >= 4 is 0 Å². The van der Waals surface area contributed by atoms with Crippen molar-refractivity contribution in [3.05, 3.63) is 36.0 Å². The average Bonchev–Trinajstić information content (AvgIpc) is 2.82. The van der Waals surface area contributed by atoms with Gasteiger partial charge in [-0.2, -0.15) is 0 Å². The molecule has 19 heavy (non-hydrogen) atoms. The van der Waals surface area contributed by atoms with Crippen LogP contribution >= 0.6 is 0 Å². The predicted octanol–water partition coefficient (Wildman–Crippen LogP) is 2.71. The van der Waals surface area contributed by atoms with Crippen LogP contribution in [0.4, 0.5) is 0 Å². The summed E-state index contributed by atoms with van der Waals surface area (Å²) in [6.45, 7) is 4.56. The van der Waals surface area contributed by atoms with Crippen molar-refractivity contribution in [3.8, 4) is 22.8 Å². The number of aromatic nitrogens is 1. The lowest BCUT2D eigenvalue weighted by atomic mass is 10.0. The first-order valence-electron chi connectivity index (χ1n) is 6.31. The maximum Gasteiger partial charge on any atom is 0.129 e. The van der Waals surface area contributed by atoms with Crippen LogP contribution in [-0.4, -0.2) is 11.7 Å². The Morgan fingerprint density at radius 3 is 2.79 bits per heavy atom. The minimum Gasteiger partial charge on any atom is -0.497 e. The summed E-state index contributed by atoms with van der Waals surface area (Å²) in [4.78, 5) is 0. The van der Waals surface area contributed by atoms with E-state index in [1.165, 1.54) is 0 Å². The van der Waals surface area contributed by atoms with Crippen molar-refractivity contribution < 1.29 is 9.47 Å². The van der Waals surface area contributed by atoms with Crippen LogP contribution in [0.2, 0.25) is 0 Å². The highest BCUT2D eigenvalue weighted by molar-refractivity contribution is 5.74. The molecule has 4 heteroatoms. The largest absolute Gasteiger partial charge is 0.497 e. The Morgan fingerprint density at radius 1 is 1.32 bits per heavy atom. The average molecular weight is 258 g/mol. The molecule has 1 aliphatic rings. The SMILES string of the molecule is COc1ccc2c(c1)-c1c(ccn1C(C)(C)N)CO2. The van der Waals surface area contributed by atoms with E-state index >= 15 is 0 Å². The van der Waals surface area contributed by atoms with E-state index in [-0.39, 0.29) is 0 Å². The van der Waals surface area contributed by atoms with Crippen LogP contribution in [0.15, 0.2) is 30.5 Å². The lowest BCUT2D eigenvalue weighted by Gasteiger charge is -2.28. The topological polar surface area (TPSA) is 49.4 Å². The van der Waals surface area contributed by atoms with E-state index in [4.69, 9.17) is 15.2 Å². The molecule has 1 aliphatic heterocycles. The highest BCUT2D eigenvalue weighted by Crippen LogP contribution is 2.41. The monoisotopic (exact) mass is 258 g/mol. The fourth-order valence-electron chi connectivity index (χ4n) is 2.47. The van der Waals surface area contributed by atoms with Gasteiger partial charge < -0.3 is 19.8 Å².